The molecule has 4 heteroatoms. The van der Waals surface area contributed by atoms with Crippen LogP contribution in [0.5, 0.6) is 17.2 Å². The lowest BCUT2D eigenvalue weighted by atomic mass is 10.1. The number of aromatic nitrogens is 1. The van der Waals surface area contributed by atoms with Crippen molar-refractivity contribution in [2.75, 3.05) is 21.3 Å². The minimum atomic E-state index is 0.687. The number of nitrogens with one attached hydrogen (secondary N) is 1. The molecular weight excluding hydrogens is 278 g/mol. The van der Waals surface area contributed by atoms with Crippen molar-refractivity contribution in [3.8, 4) is 17.2 Å². The van der Waals surface area contributed by atoms with Gasteiger partial charge in [0, 0.05) is 6.42 Å². The second-order valence-corrected chi connectivity index (χ2v) is 5.02. The number of aromatic amines is 1. The highest BCUT2D eigenvalue weighted by atomic mass is 16.5. The van der Waals surface area contributed by atoms with E-state index in [1.54, 1.807) is 21.3 Å². The summed E-state index contributed by atoms with van der Waals surface area (Å²) in [5.41, 5.74) is 3.22. The molecule has 0 amide bonds. The predicted molar refractivity (Wildman–Crippen MR) is 87.2 cm³/mol. The quantitative estimate of drug-likeness (QED) is 0.779. The van der Waals surface area contributed by atoms with Crippen molar-refractivity contribution in [1.82, 2.24) is 4.98 Å². The Morgan fingerprint density at radius 3 is 2.18 bits per heavy atom. The number of hydrogen-bond acceptors (Lipinski definition) is 3. The fourth-order valence-corrected chi connectivity index (χ4v) is 2.78. The Hall–Kier alpha value is -2.62. The molecule has 114 valence electrons. The van der Waals surface area contributed by atoms with Gasteiger partial charge in [-0.15, -0.1) is 0 Å². The van der Waals surface area contributed by atoms with E-state index in [4.69, 9.17) is 14.2 Å². The third-order valence-electron chi connectivity index (χ3n) is 3.76. The van der Waals surface area contributed by atoms with E-state index >= 15 is 0 Å². The molecule has 0 unspecified atom stereocenters. The highest BCUT2D eigenvalue weighted by Gasteiger charge is 2.19. The molecule has 1 N–H and O–H groups in total. The molecular formula is C18H19NO3. The molecule has 1 aromatic heterocycles. The Morgan fingerprint density at radius 1 is 0.818 bits per heavy atom. The summed E-state index contributed by atoms with van der Waals surface area (Å²) in [5.74, 6) is 2.18. The maximum Gasteiger partial charge on any atom is 0.173 e. The Balaban J connectivity index is 2.16. The van der Waals surface area contributed by atoms with Gasteiger partial charge >= 0.3 is 0 Å². The number of methoxy groups -OCH3 is 3. The lowest BCUT2D eigenvalue weighted by molar-refractivity contribution is 0.356. The van der Waals surface area contributed by atoms with Crippen molar-refractivity contribution < 1.29 is 14.2 Å². The third-order valence-corrected chi connectivity index (χ3v) is 3.76. The normalized spacial score (nSPS) is 10.7. The van der Waals surface area contributed by atoms with E-state index in [0.29, 0.717) is 11.5 Å². The zero-order valence-electron chi connectivity index (χ0n) is 13.0. The van der Waals surface area contributed by atoms with Gasteiger partial charge in [-0.1, -0.05) is 30.3 Å². The van der Waals surface area contributed by atoms with E-state index < -0.39 is 0 Å². The van der Waals surface area contributed by atoms with Gasteiger partial charge in [0.25, 0.3) is 0 Å². The monoisotopic (exact) mass is 297 g/mol. The van der Waals surface area contributed by atoms with Gasteiger partial charge in [-0.3, -0.25) is 0 Å². The number of benzene rings is 2. The van der Waals surface area contributed by atoms with Crippen LogP contribution < -0.4 is 14.2 Å². The zero-order chi connectivity index (χ0) is 15.5. The lowest BCUT2D eigenvalue weighted by Crippen LogP contribution is -1.93. The SMILES string of the molecule is COc1ccc2[nH]c(Cc3ccccc3)c(OC)c2c1OC. The van der Waals surface area contributed by atoms with Crippen molar-refractivity contribution in [1.29, 1.82) is 0 Å². The Labute approximate surface area is 129 Å². The number of ether oxygens (including phenoxy) is 3. The van der Waals surface area contributed by atoms with Crippen molar-refractivity contribution in [3.05, 3.63) is 53.7 Å². The van der Waals surface area contributed by atoms with Crippen LogP contribution in [0.4, 0.5) is 0 Å². The van der Waals surface area contributed by atoms with Crippen molar-refractivity contribution in [2.45, 2.75) is 6.42 Å². The molecule has 0 atom stereocenters. The van der Waals surface area contributed by atoms with E-state index in [0.717, 1.165) is 28.8 Å². The first-order valence-electron chi connectivity index (χ1n) is 7.12. The highest BCUT2D eigenvalue weighted by molar-refractivity contribution is 5.95. The summed E-state index contributed by atoms with van der Waals surface area (Å²) in [7, 11) is 4.95. The van der Waals surface area contributed by atoms with E-state index in [9.17, 15) is 0 Å². The van der Waals surface area contributed by atoms with Crippen LogP contribution in [0.3, 0.4) is 0 Å². The molecule has 3 aromatic rings. The number of fused-ring (bicyclic) bond motifs is 1. The molecule has 0 aliphatic carbocycles. The van der Waals surface area contributed by atoms with Crippen LogP contribution >= 0.6 is 0 Å². The third kappa shape index (κ3) is 2.37. The number of hydrogen-bond donors (Lipinski definition) is 1. The van der Waals surface area contributed by atoms with Gasteiger partial charge in [-0.2, -0.15) is 0 Å². The minimum Gasteiger partial charge on any atom is -0.494 e. The molecule has 0 saturated carbocycles. The fourth-order valence-electron chi connectivity index (χ4n) is 2.78. The van der Waals surface area contributed by atoms with Gasteiger partial charge in [-0.05, 0) is 17.7 Å². The van der Waals surface area contributed by atoms with Gasteiger partial charge in [0.1, 0.15) is 0 Å². The Morgan fingerprint density at radius 2 is 1.55 bits per heavy atom. The topological polar surface area (TPSA) is 43.5 Å². The summed E-state index contributed by atoms with van der Waals surface area (Å²) in [6.07, 6.45) is 0.768. The van der Waals surface area contributed by atoms with Crippen LogP contribution in [0.1, 0.15) is 11.3 Å². The van der Waals surface area contributed by atoms with E-state index in [2.05, 4.69) is 17.1 Å². The molecule has 0 saturated heterocycles. The van der Waals surface area contributed by atoms with Crippen LogP contribution in [0.15, 0.2) is 42.5 Å². The van der Waals surface area contributed by atoms with Gasteiger partial charge in [0.05, 0.1) is 37.9 Å². The number of rotatable bonds is 5. The molecule has 0 bridgehead atoms. The molecule has 0 spiro atoms. The molecule has 22 heavy (non-hydrogen) atoms. The van der Waals surface area contributed by atoms with E-state index in [1.165, 1.54) is 5.56 Å². The maximum atomic E-state index is 5.65. The van der Waals surface area contributed by atoms with Gasteiger partial charge in [0.2, 0.25) is 0 Å². The molecule has 3 rings (SSSR count). The molecule has 0 aliphatic heterocycles. The molecule has 1 heterocycles. The summed E-state index contributed by atoms with van der Waals surface area (Å²) in [6.45, 7) is 0. The fraction of sp³-hybridized carbons (Fsp3) is 0.222. The predicted octanol–water partition coefficient (Wildman–Crippen LogP) is 3.78. The van der Waals surface area contributed by atoms with Crippen molar-refractivity contribution >= 4 is 10.9 Å². The summed E-state index contributed by atoms with van der Waals surface area (Å²) < 4.78 is 16.6. The molecule has 0 aliphatic rings. The molecule has 4 nitrogen and oxygen atoms in total. The smallest absolute Gasteiger partial charge is 0.173 e. The van der Waals surface area contributed by atoms with Gasteiger partial charge in [-0.25, -0.2) is 0 Å². The van der Waals surface area contributed by atoms with E-state index in [-0.39, 0.29) is 0 Å². The molecule has 0 radical (unpaired) electrons. The average Bonchev–Trinajstić information content (AvgIpc) is 2.91. The summed E-state index contributed by atoms with van der Waals surface area (Å²) in [5, 5.41) is 0.912. The number of H-pyrrole nitrogens is 1. The summed E-state index contributed by atoms with van der Waals surface area (Å²) in [4.78, 5) is 3.43. The molecule has 0 fully saturated rings. The first kappa shape index (κ1) is 14.3. The van der Waals surface area contributed by atoms with Gasteiger partial charge < -0.3 is 19.2 Å². The van der Waals surface area contributed by atoms with E-state index in [1.807, 2.05) is 30.3 Å². The first-order valence-corrected chi connectivity index (χ1v) is 7.12. The Bertz CT molecular complexity index is 778. The van der Waals surface area contributed by atoms with Crippen LogP contribution in [0, 0.1) is 0 Å². The lowest BCUT2D eigenvalue weighted by Gasteiger charge is -2.10. The summed E-state index contributed by atoms with van der Waals surface area (Å²) in [6, 6.07) is 14.2. The maximum absolute atomic E-state index is 5.65. The highest BCUT2D eigenvalue weighted by Crippen LogP contribution is 2.43. The van der Waals surface area contributed by atoms with Gasteiger partial charge in [0.15, 0.2) is 17.2 Å². The standard InChI is InChI=1S/C18H19NO3/c1-20-15-10-9-13-16(18(15)22-3)17(21-2)14(19-13)11-12-7-5-4-6-8-12/h4-10,19H,11H2,1-3H3. The van der Waals surface area contributed by atoms with Crippen LogP contribution in [-0.4, -0.2) is 26.3 Å². The molecule has 2 aromatic carbocycles. The van der Waals surface area contributed by atoms with Crippen LogP contribution in [-0.2, 0) is 6.42 Å². The van der Waals surface area contributed by atoms with Crippen molar-refractivity contribution in [3.63, 3.8) is 0 Å². The van der Waals surface area contributed by atoms with Crippen LogP contribution in [0.25, 0.3) is 10.9 Å². The van der Waals surface area contributed by atoms with Crippen LogP contribution in [0.2, 0.25) is 0 Å². The first-order chi connectivity index (χ1) is 10.8. The largest absolute Gasteiger partial charge is 0.494 e. The zero-order valence-corrected chi connectivity index (χ0v) is 13.0. The second-order valence-electron chi connectivity index (χ2n) is 5.02. The average molecular weight is 297 g/mol. The second kappa shape index (κ2) is 6.02. The summed E-state index contributed by atoms with van der Waals surface area (Å²) >= 11 is 0. The minimum absolute atomic E-state index is 0.687. The van der Waals surface area contributed by atoms with Crippen molar-refractivity contribution in [2.24, 2.45) is 0 Å². The Kier molecular flexibility index (Phi) is 3.92.